The molecule has 1 aromatic carbocycles. The van der Waals surface area contributed by atoms with E-state index in [1.54, 1.807) is 12.1 Å². The highest BCUT2D eigenvalue weighted by Gasteiger charge is 2.38. The number of nitrogens with one attached hydrogen (secondary N) is 2. The van der Waals surface area contributed by atoms with E-state index in [-0.39, 0.29) is 35.4 Å². The normalized spacial score (nSPS) is 12.4. The number of carbonyl (C=O) groups is 1. The van der Waals surface area contributed by atoms with Crippen LogP contribution in [0.15, 0.2) is 41.2 Å². The Morgan fingerprint density at radius 2 is 1.90 bits per heavy atom. The summed E-state index contributed by atoms with van der Waals surface area (Å²) in [5, 5.41) is 8.71. The topological polar surface area (TPSA) is 106 Å². The molecule has 0 bridgehead atoms. The lowest BCUT2D eigenvalue weighted by atomic mass is 10.1. The molecule has 1 unspecified atom stereocenters. The highest BCUT2D eigenvalue weighted by molar-refractivity contribution is 5.72. The van der Waals surface area contributed by atoms with E-state index in [2.05, 4.69) is 35.3 Å². The van der Waals surface area contributed by atoms with E-state index in [1.807, 2.05) is 0 Å². The highest BCUT2D eigenvalue weighted by Crippen LogP contribution is 2.29. The second-order valence-corrected chi connectivity index (χ2v) is 5.87. The molecular weight excluding hydrogens is 396 g/mol. The van der Waals surface area contributed by atoms with Gasteiger partial charge >= 0.3 is 12.1 Å². The summed E-state index contributed by atoms with van der Waals surface area (Å²) in [5.41, 5.74) is 0.376. The zero-order chi connectivity index (χ0) is 21.0. The molecule has 0 fully saturated rings. The monoisotopic (exact) mass is 410 g/mol. The summed E-state index contributed by atoms with van der Waals surface area (Å²) < 4.78 is 56.0. The van der Waals surface area contributed by atoms with Gasteiger partial charge in [0.1, 0.15) is 5.82 Å². The summed E-state index contributed by atoms with van der Waals surface area (Å²) in [5.74, 6) is -2.54. The van der Waals surface area contributed by atoms with Gasteiger partial charge in [-0.3, -0.25) is 4.79 Å². The Bertz CT molecular complexity index is 990. The molecule has 3 aromatic rings. The first kappa shape index (κ1) is 20.2. The molecule has 1 atom stereocenters. The number of aromatic nitrogens is 4. The molecule has 2 N–H and O–H groups in total. The lowest BCUT2D eigenvalue weighted by Crippen LogP contribution is -2.30. The van der Waals surface area contributed by atoms with E-state index in [9.17, 15) is 22.4 Å². The van der Waals surface area contributed by atoms with Gasteiger partial charge in [-0.2, -0.15) is 18.2 Å². The average molecular weight is 410 g/mol. The van der Waals surface area contributed by atoms with Crippen LogP contribution >= 0.6 is 0 Å². The minimum Gasteiger partial charge on any atom is -0.354 e. The Morgan fingerprint density at radius 3 is 2.48 bits per heavy atom. The first-order chi connectivity index (χ1) is 13.7. The fraction of sp³-hybridized carbons (Fsp3) is 0.235. The fourth-order valence-electron chi connectivity index (χ4n) is 2.37. The first-order valence-electron chi connectivity index (χ1n) is 8.23. The Balaban J connectivity index is 1.79. The van der Waals surface area contributed by atoms with Crippen molar-refractivity contribution in [2.45, 2.75) is 19.1 Å². The van der Waals surface area contributed by atoms with Crippen LogP contribution in [0.5, 0.6) is 0 Å². The fourth-order valence-corrected chi connectivity index (χ4v) is 2.37. The number of alkyl halides is 3. The van der Waals surface area contributed by atoms with E-state index in [4.69, 9.17) is 0 Å². The number of hydrogen-bond donors (Lipinski definition) is 2. The van der Waals surface area contributed by atoms with Crippen LogP contribution in [0.1, 0.15) is 24.4 Å². The second kappa shape index (κ2) is 8.20. The van der Waals surface area contributed by atoms with Gasteiger partial charge in [0, 0.05) is 31.4 Å². The van der Waals surface area contributed by atoms with Gasteiger partial charge in [0.05, 0.1) is 11.6 Å². The van der Waals surface area contributed by atoms with Crippen LogP contribution in [0.4, 0.5) is 23.5 Å². The molecule has 0 aliphatic carbocycles. The molecule has 12 heteroatoms. The van der Waals surface area contributed by atoms with Crippen LogP contribution in [0.2, 0.25) is 0 Å². The summed E-state index contributed by atoms with van der Waals surface area (Å²) >= 11 is 0. The molecule has 0 saturated heterocycles. The molecule has 0 aliphatic rings. The second-order valence-electron chi connectivity index (χ2n) is 5.87. The van der Waals surface area contributed by atoms with E-state index >= 15 is 0 Å². The lowest BCUT2D eigenvalue weighted by Gasteiger charge is -2.20. The van der Waals surface area contributed by atoms with Crippen LogP contribution in [0, 0.1) is 5.82 Å². The molecule has 0 radical (unpaired) electrons. The number of halogens is 4. The number of rotatable bonds is 6. The van der Waals surface area contributed by atoms with E-state index in [0.29, 0.717) is 0 Å². The largest absolute Gasteiger partial charge is 0.471 e. The maximum Gasteiger partial charge on any atom is 0.471 e. The van der Waals surface area contributed by atoms with Crippen molar-refractivity contribution >= 4 is 11.9 Å². The Morgan fingerprint density at radius 1 is 1.21 bits per heavy atom. The molecular formula is C17H14F4N6O2. The van der Waals surface area contributed by atoms with Gasteiger partial charge in [0.15, 0.2) is 0 Å². The van der Waals surface area contributed by atoms with Crippen LogP contribution in [0.3, 0.4) is 0 Å². The number of carbonyl (C=O) groups excluding carboxylic acids is 1. The maximum absolute atomic E-state index is 14.1. The van der Waals surface area contributed by atoms with Crippen LogP contribution in [-0.4, -0.2) is 32.6 Å². The Kier molecular flexibility index (Phi) is 5.71. The Labute approximate surface area is 161 Å². The summed E-state index contributed by atoms with van der Waals surface area (Å²) in [4.78, 5) is 22.5. The number of hydrogen-bond acceptors (Lipinski definition) is 7. The van der Waals surface area contributed by atoms with Gasteiger partial charge in [-0.15, -0.1) is 0 Å². The SMILES string of the molecule is CC(=O)NCC(Nc1ncc(-c2noc(C(F)(F)F)n2)cn1)c1ccccc1F. The summed E-state index contributed by atoms with van der Waals surface area (Å²) in [7, 11) is 0. The first-order valence-corrected chi connectivity index (χ1v) is 8.23. The van der Waals surface area contributed by atoms with Crippen molar-refractivity contribution in [1.82, 2.24) is 25.4 Å². The van der Waals surface area contributed by atoms with Crippen molar-refractivity contribution < 1.29 is 26.9 Å². The quantitative estimate of drug-likeness (QED) is 0.602. The number of anilines is 1. The van der Waals surface area contributed by atoms with Gasteiger partial charge < -0.3 is 15.2 Å². The van der Waals surface area contributed by atoms with Gasteiger partial charge in [0.2, 0.25) is 17.7 Å². The lowest BCUT2D eigenvalue weighted by molar-refractivity contribution is -0.159. The van der Waals surface area contributed by atoms with Crippen molar-refractivity contribution in [3.63, 3.8) is 0 Å². The zero-order valence-electron chi connectivity index (χ0n) is 14.9. The van der Waals surface area contributed by atoms with Crippen molar-refractivity contribution in [1.29, 1.82) is 0 Å². The maximum atomic E-state index is 14.1. The molecule has 29 heavy (non-hydrogen) atoms. The molecule has 2 aromatic heterocycles. The van der Waals surface area contributed by atoms with E-state index < -0.39 is 23.9 Å². The molecule has 0 aliphatic heterocycles. The molecule has 0 spiro atoms. The number of benzene rings is 1. The molecule has 1 amide bonds. The average Bonchev–Trinajstić information content (AvgIpc) is 3.17. The summed E-state index contributed by atoms with van der Waals surface area (Å²) in [6, 6.07) is 5.30. The predicted octanol–water partition coefficient (Wildman–Crippen LogP) is 2.97. The minimum absolute atomic E-state index is 0.0567. The van der Waals surface area contributed by atoms with Gasteiger partial charge in [0.25, 0.3) is 0 Å². The third kappa shape index (κ3) is 5.03. The zero-order valence-corrected chi connectivity index (χ0v) is 14.9. The molecule has 152 valence electrons. The van der Waals surface area contributed by atoms with Crippen LogP contribution < -0.4 is 10.6 Å². The number of amides is 1. The van der Waals surface area contributed by atoms with Crippen molar-refractivity contribution in [3.05, 3.63) is 53.9 Å². The van der Waals surface area contributed by atoms with Gasteiger partial charge in [-0.25, -0.2) is 14.4 Å². The molecule has 3 rings (SSSR count). The Hall–Kier alpha value is -3.57. The van der Waals surface area contributed by atoms with Crippen molar-refractivity contribution in [3.8, 4) is 11.4 Å². The smallest absolute Gasteiger partial charge is 0.354 e. The number of nitrogens with zero attached hydrogens (tertiary/aromatic N) is 4. The molecule has 0 saturated carbocycles. The third-order valence-electron chi connectivity index (χ3n) is 3.72. The molecule has 8 nitrogen and oxygen atoms in total. The summed E-state index contributed by atoms with van der Waals surface area (Å²) in [6.07, 6.45) is -2.38. The third-order valence-corrected chi connectivity index (χ3v) is 3.72. The van der Waals surface area contributed by atoms with Crippen LogP contribution in [0.25, 0.3) is 11.4 Å². The summed E-state index contributed by atoms with van der Waals surface area (Å²) in [6.45, 7) is 1.38. The van der Waals surface area contributed by atoms with Crippen LogP contribution in [-0.2, 0) is 11.0 Å². The predicted molar refractivity (Wildman–Crippen MR) is 91.8 cm³/mol. The van der Waals surface area contributed by atoms with E-state index in [0.717, 1.165) is 0 Å². The van der Waals surface area contributed by atoms with Gasteiger partial charge in [-0.05, 0) is 6.07 Å². The van der Waals surface area contributed by atoms with Crippen molar-refractivity contribution in [2.75, 3.05) is 11.9 Å². The standard InChI is InChI=1S/C17H14F4N6O2/c1-9(28)22-8-13(11-4-2-3-5-12(11)18)25-16-23-6-10(7-24-16)14-26-15(29-27-14)17(19,20)21/h2-7,13H,8H2,1H3,(H,22,28)(H,23,24,25). The van der Waals surface area contributed by atoms with E-state index in [1.165, 1.54) is 31.5 Å². The van der Waals surface area contributed by atoms with Crippen molar-refractivity contribution in [2.24, 2.45) is 0 Å². The van der Waals surface area contributed by atoms with Gasteiger partial charge in [-0.1, -0.05) is 23.4 Å². The minimum atomic E-state index is -4.76. The highest BCUT2D eigenvalue weighted by atomic mass is 19.4. The molecule has 2 heterocycles.